The molecule has 0 saturated carbocycles. The molecule has 1 amide bonds. The molecule has 1 aliphatic rings. The van der Waals surface area contributed by atoms with Crippen LogP contribution in [-0.2, 0) is 21.6 Å². The van der Waals surface area contributed by atoms with Gasteiger partial charge in [0.15, 0.2) is 0 Å². The van der Waals surface area contributed by atoms with Crippen LogP contribution in [0.2, 0.25) is 5.02 Å². The first-order valence-electron chi connectivity index (χ1n) is 9.93. The number of nitrogens with zero attached hydrogens (tertiary/aromatic N) is 2. The normalized spacial score (nSPS) is 18.7. The number of carbonyl (C=O) groups excluding carboxylic acids is 1. The molecule has 0 N–H and O–H groups in total. The lowest BCUT2D eigenvalue weighted by Crippen LogP contribution is -2.55. The van der Waals surface area contributed by atoms with Gasteiger partial charge in [-0.15, -0.1) is 0 Å². The summed E-state index contributed by atoms with van der Waals surface area (Å²) in [6, 6.07) is 11.0. The number of halogens is 3. The molecule has 0 aliphatic carbocycles. The summed E-state index contributed by atoms with van der Waals surface area (Å²) in [6.07, 6.45) is 2.88. The number of hydrogen-bond donors (Lipinski definition) is 0. The van der Waals surface area contributed by atoms with Crippen LogP contribution in [-0.4, -0.2) is 36.1 Å². The van der Waals surface area contributed by atoms with E-state index in [0.29, 0.717) is 16.3 Å². The van der Waals surface area contributed by atoms with Crippen molar-refractivity contribution in [1.29, 1.82) is 0 Å². The van der Waals surface area contributed by atoms with Crippen LogP contribution < -0.4 is 4.74 Å². The molecular formula is C24H21ClF2N2O3. The van der Waals surface area contributed by atoms with Crippen LogP contribution in [0.5, 0.6) is 5.75 Å². The highest BCUT2D eigenvalue weighted by molar-refractivity contribution is 6.30. The van der Waals surface area contributed by atoms with Crippen LogP contribution in [0, 0.1) is 11.6 Å². The third-order valence-corrected chi connectivity index (χ3v) is 5.86. The van der Waals surface area contributed by atoms with E-state index in [2.05, 4.69) is 4.98 Å². The third-order valence-electron chi connectivity index (χ3n) is 5.66. The van der Waals surface area contributed by atoms with Gasteiger partial charge in [-0.05, 0) is 36.8 Å². The second kappa shape index (κ2) is 8.84. The van der Waals surface area contributed by atoms with Crippen LogP contribution in [0.15, 0.2) is 54.9 Å². The van der Waals surface area contributed by atoms with Gasteiger partial charge in [0, 0.05) is 41.7 Å². The number of morpholine rings is 1. The second-order valence-electron chi connectivity index (χ2n) is 7.80. The molecule has 1 saturated heterocycles. The lowest BCUT2D eigenvalue weighted by Gasteiger charge is -2.45. The monoisotopic (exact) mass is 458 g/mol. The summed E-state index contributed by atoms with van der Waals surface area (Å²) >= 11 is 6.01. The van der Waals surface area contributed by atoms with Crippen molar-refractivity contribution in [3.63, 3.8) is 0 Å². The van der Waals surface area contributed by atoms with Gasteiger partial charge in [-0.3, -0.25) is 9.78 Å². The summed E-state index contributed by atoms with van der Waals surface area (Å²) in [6.45, 7) is 1.89. The van der Waals surface area contributed by atoms with Crippen molar-refractivity contribution >= 4 is 17.5 Å². The minimum atomic E-state index is -1.16. The lowest BCUT2D eigenvalue weighted by molar-refractivity contribution is -0.159. The van der Waals surface area contributed by atoms with Crippen molar-refractivity contribution in [2.45, 2.75) is 19.0 Å². The average molecular weight is 459 g/mol. The standard InChI is InChI=1S/C24H21ClF2N2O3/c1-24(14-32-13-23(30)29(24)12-15-3-5-18(31-2)6-4-15)20-8-19(21(26)9-22(20)27)16-7-17(25)11-28-10-16/h3-11H,12-14H2,1-2H3. The fraction of sp³-hybridized carbons (Fsp3) is 0.250. The summed E-state index contributed by atoms with van der Waals surface area (Å²) in [5, 5.41) is 0.330. The average Bonchev–Trinajstić information content (AvgIpc) is 2.77. The molecule has 1 fully saturated rings. The summed E-state index contributed by atoms with van der Waals surface area (Å²) in [5.41, 5.74) is 0.377. The van der Waals surface area contributed by atoms with Gasteiger partial charge < -0.3 is 14.4 Å². The van der Waals surface area contributed by atoms with Gasteiger partial charge in [-0.1, -0.05) is 23.7 Å². The maximum atomic E-state index is 15.1. The predicted octanol–water partition coefficient (Wildman–Crippen LogP) is 4.96. The number of rotatable bonds is 5. The molecule has 1 unspecified atom stereocenters. The molecule has 0 radical (unpaired) electrons. The predicted molar refractivity (Wildman–Crippen MR) is 116 cm³/mol. The summed E-state index contributed by atoms with van der Waals surface area (Å²) < 4.78 is 40.5. The van der Waals surface area contributed by atoms with E-state index in [1.807, 2.05) is 12.1 Å². The number of pyridine rings is 1. The number of hydrogen-bond acceptors (Lipinski definition) is 4. The molecule has 0 bridgehead atoms. The number of methoxy groups -OCH3 is 1. The van der Waals surface area contributed by atoms with Gasteiger partial charge >= 0.3 is 0 Å². The van der Waals surface area contributed by atoms with E-state index in [4.69, 9.17) is 21.1 Å². The number of amides is 1. The molecule has 2 heterocycles. The van der Waals surface area contributed by atoms with Crippen molar-refractivity contribution in [3.8, 4) is 16.9 Å². The SMILES string of the molecule is COc1ccc(CN2C(=O)COCC2(C)c2cc(-c3cncc(Cl)c3)c(F)cc2F)cc1. The van der Waals surface area contributed by atoms with Gasteiger partial charge in [-0.2, -0.15) is 0 Å². The van der Waals surface area contributed by atoms with Gasteiger partial charge in [0.25, 0.3) is 0 Å². The Hall–Kier alpha value is -3.03. The highest BCUT2D eigenvalue weighted by atomic mass is 35.5. The number of ether oxygens (including phenoxy) is 2. The Kier molecular flexibility index (Phi) is 6.13. The van der Waals surface area contributed by atoms with Crippen molar-refractivity contribution in [2.24, 2.45) is 0 Å². The Morgan fingerprint density at radius 3 is 2.59 bits per heavy atom. The van der Waals surface area contributed by atoms with Crippen LogP contribution >= 0.6 is 11.6 Å². The molecule has 2 aromatic carbocycles. The fourth-order valence-electron chi connectivity index (χ4n) is 3.91. The van der Waals surface area contributed by atoms with Gasteiger partial charge in [-0.25, -0.2) is 8.78 Å². The molecule has 166 valence electrons. The summed E-state index contributed by atoms with van der Waals surface area (Å²) in [7, 11) is 1.57. The Morgan fingerprint density at radius 2 is 1.91 bits per heavy atom. The Morgan fingerprint density at radius 1 is 1.16 bits per heavy atom. The molecule has 1 atom stereocenters. The molecule has 4 rings (SSSR count). The first-order valence-corrected chi connectivity index (χ1v) is 10.3. The van der Waals surface area contributed by atoms with Crippen LogP contribution in [0.4, 0.5) is 8.78 Å². The maximum absolute atomic E-state index is 15.1. The lowest BCUT2D eigenvalue weighted by atomic mass is 9.86. The summed E-state index contributed by atoms with van der Waals surface area (Å²) in [5.74, 6) is -1.11. The number of aromatic nitrogens is 1. The molecule has 0 spiro atoms. The highest BCUT2D eigenvalue weighted by Crippen LogP contribution is 2.38. The third kappa shape index (κ3) is 4.18. The topological polar surface area (TPSA) is 51.7 Å². The van der Waals surface area contributed by atoms with Gasteiger partial charge in [0.1, 0.15) is 24.0 Å². The zero-order valence-corrected chi connectivity index (χ0v) is 18.3. The first kappa shape index (κ1) is 22.2. The van der Waals surface area contributed by atoms with E-state index in [0.717, 1.165) is 11.6 Å². The Labute approximate surface area is 189 Å². The second-order valence-corrected chi connectivity index (χ2v) is 8.23. The summed E-state index contributed by atoms with van der Waals surface area (Å²) in [4.78, 5) is 18.4. The van der Waals surface area contributed by atoms with Crippen LogP contribution in [0.3, 0.4) is 0 Å². The largest absolute Gasteiger partial charge is 0.497 e. The minimum Gasteiger partial charge on any atom is -0.497 e. The van der Waals surface area contributed by atoms with Crippen molar-refractivity contribution in [1.82, 2.24) is 9.88 Å². The maximum Gasteiger partial charge on any atom is 0.249 e. The van der Waals surface area contributed by atoms with E-state index < -0.39 is 17.2 Å². The molecule has 1 aromatic heterocycles. The van der Waals surface area contributed by atoms with Crippen molar-refractivity contribution < 1.29 is 23.0 Å². The molecule has 5 nitrogen and oxygen atoms in total. The zero-order chi connectivity index (χ0) is 22.9. The van der Waals surface area contributed by atoms with E-state index in [-0.39, 0.29) is 36.8 Å². The number of benzene rings is 2. The van der Waals surface area contributed by atoms with E-state index in [1.165, 1.54) is 18.5 Å². The van der Waals surface area contributed by atoms with Gasteiger partial charge in [0.05, 0.1) is 24.3 Å². The van der Waals surface area contributed by atoms with Crippen molar-refractivity contribution in [2.75, 3.05) is 20.3 Å². The number of carbonyl (C=O) groups is 1. The molecule has 8 heteroatoms. The Balaban J connectivity index is 1.77. The minimum absolute atomic E-state index is 0.0602. The zero-order valence-electron chi connectivity index (χ0n) is 17.6. The van der Waals surface area contributed by atoms with Crippen molar-refractivity contribution in [3.05, 3.63) is 82.6 Å². The first-order chi connectivity index (χ1) is 15.3. The molecule has 1 aliphatic heterocycles. The van der Waals surface area contributed by atoms with Crippen LogP contribution in [0.1, 0.15) is 18.1 Å². The van der Waals surface area contributed by atoms with E-state index in [1.54, 1.807) is 37.1 Å². The van der Waals surface area contributed by atoms with Gasteiger partial charge in [0.2, 0.25) is 5.91 Å². The van der Waals surface area contributed by atoms with E-state index in [9.17, 15) is 9.18 Å². The van der Waals surface area contributed by atoms with E-state index >= 15 is 4.39 Å². The fourth-order valence-corrected chi connectivity index (χ4v) is 4.08. The quantitative estimate of drug-likeness (QED) is 0.542. The smallest absolute Gasteiger partial charge is 0.249 e. The molecule has 3 aromatic rings. The molecule has 32 heavy (non-hydrogen) atoms. The highest BCUT2D eigenvalue weighted by Gasteiger charge is 2.43. The Bertz CT molecular complexity index is 1160. The molecular weight excluding hydrogens is 438 g/mol. The van der Waals surface area contributed by atoms with Crippen LogP contribution in [0.25, 0.3) is 11.1 Å².